The largest absolute Gasteiger partial charge is 0.844 e. The molecule has 60 valence electrons. The average molecular weight is 152 g/mol. The van der Waals surface area contributed by atoms with E-state index < -0.39 is 6.01 Å². The minimum absolute atomic E-state index is 0.428. The average Bonchev–Trinajstić information content (AvgIpc) is 2.03. The molecule has 1 heterocycles. The van der Waals surface area contributed by atoms with Gasteiger partial charge in [-0.05, 0) is 13.0 Å². The molecule has 0 saturated heterocycles. The second kappa shape index (κ2) is 3.18. The Balaban J connectivity index is 2.86. The van der Waals surface area contributed by atoms with E-state index in [0.717, 1.165) is 6.54 Å². The first-order valence-corrected chi connectivity index (χ1v) is 3.45. The molecule has 0 aromatic carbocycles. The summed E-state index contributed by atoms with van der Waals surface area (Å²) >= 11 is 0. The monoisotopic (exact) mass is 152 g/mol. The second-order valence-electron chi connectivity index (χ2n) is 2.21. The van der Waals surface area contributed by atoms with Gasteiger partial charge in [0.2, 0.25) is 0 Å². The lowest BCUT2D eigenvalue weighted by Gasteiger charge is -2.16. The standard InChI is InChI=1S/C7H11N3O/c1-3-10(2)6-4-5-8-7(11)9-6/h4-5H,3H2,1-2H3,(H,8,9,11)/p-1. The Kier molecular flexibility index (Phi) is 2.25. The van der Waals surface area contributed by atoms with Crippen LogP contribution in [-0.4, -0.2) is 23.6 Å². The van der Waals surface area contributed by atoms with Crippen molar-refractivity contribution in [3.05, 3.63) is 12.3 Å². The molecule has 1 aromatic rings. The van der Waals surface area contributed by atoms with E-state index in [1.165, 1.54) is 6.20 Å². The van der Waals surface area contributed by atoms with Gasteiger partial charge in [0.1, 0.15) is 5.82 Å². The Morgan fingerprint density at radius 3 is 2.91 bits per heavy atom. The summed E-state index contributed by atoms with van der Waals surface area (Å²) in [6.07, 6.45) is 1.47. The van der Waals surface area contributed by atoms with E-state index in [1.54, 1.807) is 6.07 Å². The lowest BCUT2D eigenvalue weighted by atomic mass is 10.5. The Hall–Kier alpha value is -1.32. The van der Waals surface area contributed by atoms with Gasteiger partial charge in [0.25, 0.3) is 0 Å². The molecule has 1 aromatic heterocycles. The van der Waals surface area contributed by atoms with E-state index in [2.05, 4.69) is 9.97 Å². The molecule has 0 fully saturated rings. The summed E-state index contributed by atoms with van der Waals surface area (Å²) in [6, 6.07) is 1.29. The third-order valence-electron chi connectivity index (χ3n) is 1.48. The Bertz CT molecular complexity index is 239. The fraction of sp³-hybridized carbons (Fsp3) is 0.429. The Labute approximate surface area is 65.5 Å². The molecular weight excluding hydrogens is 142 g/mol. The first-order valence-electron chi connectivity index (χ1n) is 3.45. The molecule has 0 bridgehead atoms. The lowest BCUT2D eigenvalue weighted by Crippen LogP contribution is -2.17. The van der Waals surface area contributed by atoms with Crippen LogP contribution in [0, 0.1) is 0 Å². The highest BCUT2D eigenvalue weighted by atomic mass is 16.3. The molecule has 0 radical (unpaired) electrons. The summed E-state index contributed by atoms with van der Waals surface area (Å²) in [5, 5.41) is 10.7. The molecule has 0 saturated carbocycles. The summed E-state index contributed by atoms with van der Waals surface area (Å²) in [4.78, 5) is 9.04. The van der Waals surface area contributed by atoms with Gasteiger partial charge < -0.3 is 10.0 Å². The molecule has 4 heteroatoms. The highest BCUT2D eigenvalue weighted by Gasteiger charge is 1.96. The summed E-state index contributed by atoms with van der Waals surface area (Å²) in [6.45, 7) is 2.82. The van der Waals surface area contributed by atoms with Gasteiger partial charge in [-0.15, -0.1) is 0 Å². The van der Waals surface area contributed by atoms with Crippen molar-refractivity contribution in [3.8, 4) is 6.01 Å². The first kappa shape index (κ1) is 7.78. The molecule has 4 nitrogen and oxygen atoms in total. The molecule has 0 unspecified atom stereocenters. The third kappa shape index (κ3) is 1.80. The van der Waals surface area contributed by atoms with Crippen molar-refractivity contribution in [2.75, 3.05) is 18.5 Å². The van der Waals surface area contributed by atoms with Crippen LogP contribution in [0.4, 0.5) is 5.82 Å². The predicted molar refractivity (Wildman–Crippen MR) is 40.4 cm³/mol. The van der Waals surface area contributed by atoms with Gasteiger partial charge in [-0.1, -0.05) is 0 Å². The Morgan fingerprint density at radius 2 is 2.36 bits per heavy atom. The van der Waals surface area contributed by atoms with Crippen molar-refractivity contribution in [3.63, 3.8) is 0 Å². The van der Waals surface area contributed by atoms with Gasteiger partial charge >= 0.3 is 0 Å². The highest BCUT2D eigenvalue weighted by molar-refractivity contribution is 5.36. The predicted octanol–water partition coefficient (Wildman–Crippen LogP) is 0.00630. The van der Waals surface area contributed by atoms with Crippen LogP contribution in [0.2, 0.25) is 0 Å². The molecule has 0 aliphatic rings. The topological polar surface area (TPSA) is 52.1 Å². The van der Waals surface area contributed by atoms with Gasteiger partial charge in [-0.3, -0.25) is 4.98 Å². The van der Waals surface area contributed by atoms with Crippen LogP contribution in [0.1, 0.15) is 6.92 Å². The maximum Gasteiger partial charge on any atom is 0.130 e. The zero-order valence-corrected chi connectivity index (χ0v) is 6.61. The molecule has 0 aliphatic heterocycles. The fourth-order valence-electron chi connectivity index (χ4n) is 0.706. The summed E-state index contributed by atoms with van der Waals surface area (Å²) in [5.41, 5.74) is 0. The van der Waals surface area contributed by atoms with Gasteiger partial charge in [0, 0.05) is 19.8 Å². The molecule has 0 amide bonds. The summed E-state index contributed by atoms with van der Waals surface area (Å²) in [7, 11) is 1.88. The van der Waals surface area contributed by atoms with Crippen LogP contribution >= 0.6 is 0 Å². The van der Waals surface area contributed by atoms with Gasteiger partial charge in [0.15, 0.2) is 0 Å². The number of anilines is 1. The maximum absolute atomic E-state index is 10.7. The van der Waals surface area contributed by atoms with Crippen molar-refractivity contribution in [2.45, 2.75) is 6.92 Å². The van der Waals surface area contributed by atoms with Crippen LogP contribution in [0.5, 0.6) is 6.01 Å². The van der Waals surface area contributed by atoms with E-state index in [-0.39, 0.29) is 0 Å². The van der Waals surface area contributed by atoms with E-state index in [0.29, 0.717) is 5.82 Å². The van der Waals surface area contributed by atoms with Crippen molar-refractivity contribution >= 4 is 5.82 Å². The van der Waals surface area contributed by atoms with E-state index in [1.807, 2.05) is 18.9 Å². The van der Waals surface area contributed by atoms with E-state index in [4.69, 9.17) is 0 Å². The van der Waals surface area contributed by atoms with Gasteiger partial charge in [0.05, 0.1) is 6.01 Å². The van der Waals surface area contributed by atoms with Crippen molar-refractivity contribution in [1.29, 1.82) is 0 Å². The number of hydrogen-bond donors (Lipinski definition) is 0. The summed E-state index contributed by atoms with van der Waals surface area (Å²) < 4.78 is 0. The van der Waals surface area contributed by atoms with Crippen LogP contribution in [0.15, 0.2) is 12.3 Å². The van der Waals surface area contributed by atoms with E-state index >= 15 is 0 Å². The molecule has 0 spiro atoms. The fourth-order valence-corrected chi connectivity index (χ4v) is 0.706. The zero-order chi connectivity index (χ0) is 8.27. The smallest absolute Gasteiger partial charge is 0.130 e. The number of aromatic nitrogens is 2. The van der Waals surface area contributed by atoms with Crippen LogP contribution < -0.4 is 10.0 Å². The highest BCUT2D eigenvalue weighted by Crippen LogP contribution is 2.07. The van der Waals surface area contributed by atoms with Crippen LogP contribution in [0.25, 0.3) is 0 Å². The summed E-state index contributed by atoms with van der Waals surface area (Å²) in [5.74, 6) is 0.674. The Morgan fingerprint density at radius 1 is 1.64 bits per heavy atom. The maximum atomic E-state index is 10.7. The zero-order valence-electron chi connectivity index (χ0n) is 6.61. The first-order chi connectivity index (χ1) is 5.24. The molecule has 11 heavy (non-hydrogen) atoms. The minimum Gasteiger partial charge on any atom is -0.844 e. The van der Waals surface area contributed by atoms with Gasteiger partial charge in [-0.25, -0.2) is 4.98 Å². The minimum atomic E-state index is -0.428. The second-order valence-corrected chi connectivity index (χ2v) is 2.21. The molecule has 1 rings (SSSR count). The van der Waals surface area contributed by atoms with E-state index in [9.17, 15) is 5.11 Å². The van der Waals surface area contributed by atoms with Crippen molar-refractivity contribution < 1.29 is 5.11 Å². The van der Waals surface area contributed by atoms with Crippen LogP contribution in [-0.2, 0) is 0 Å². The SMILES string of the molecule is CCN(C)c1ccnc([O-])n1. The van der Waals surface area contributed by atoms with Crippen LogP contribution in [0.3, 0.4) is 0 Å². The van der Waals surface area contributed by atoms with Gasteiger partial charge in [-0.2, -0.15) is 0 Å². The molecule has 0 atom stereocenters. The van der Waals surface area contributed by atoms with Crippen molar-refractivity contribution in [1.82, 2.24) is 9.97 Å². The normalized spacial score (nSPS) is 9.64. The molecule has 0 aliphatic carbocycles. The molecular formula is C7H10N3O-. The number of nitrogens with zero attached hydrogens (tertiary/aromatic N) is 3. The quantitative estimate of drug-likeness (QED) is 0.598. The third-order valence-corrected chi connectivity index (χ3v) is 1.48. The lowest BCUT2D eigenvalue weighted by molar-refractivity contribution is -0.281. The number of rotatable bonds is 2. The van der Waals surface area contributed by atoms with Crippen molar-refractivity contribution in [2.24, 2.45) is 0 Å². The molecule has 0 N–H and O–H groups in total. The number of hydrogen-bond acceptors (Lipinski definition) is 4.